The maximum absolute atomic E-state index is 12.1. The molecule has 2 aliphatic rings. The van der Waals surface area contributed by atoms with Crippen LogP contribution in [0.2, 0.25) is 0 Å². The van der Waals surface area contributed by atoms with E-state index in [-0.39, 0.29) is 5.91 Å². The summed E-state index contributed by atoms with van der Waals surface area (Å²) in [5, 5.41) is 7.00. The predicted octanol–water partition coefficient (Wildman–Crippen LogP) is 1.35. The quantitative estimate of drug-likeness (QED) is 0.825. The summed E-state index contributed by atoms with van der Waals surface area (Å²) in [4.78, 5) is 13.9. The maximum atomic E-state index is 12.1. The minimum absolute atomic E-state index is 0.0578. The van der Waals surface area contributed by atoms with Crippen molar-refractivity contribution >= 4 is 11.6 Å². The van der Waals surface area contributed by atoms with Gasteiger partial charge in [0.05, 0.1) is 11.4 Å². The van der Waals surface area contributed by atoms with Crippen LogP contribution in [0.3, 0.4) is 0 Å². The molecule has 2 saturated carbocycles. The molecule has 5 heteroatoms. The summed E-state index contributed by atoms with van der Waals surface area (Å²) in [6, 6.07) is 0. The van der Waals surface area contributed by atoms with Gasteiger partial charge >= 0.3 is 0 Å². The van der Waals surface area contributed by atoms with Gasteiger partial charge in [0.25, 0.3) is 5.91 Å². The van der Waals surface area contributed by atoms with Gasteiger partial charge in [0.15, 0.2) is 5.69 Å². The van der Waals surface area contributed by atoms with E-state index < -0.39 is 0 Å². The molecule has 0 atom stereocenters. The van der Waals surface area contributed by atoms with Gasteiger partial charge in [-0.2, -0.15) is 5.10 Å². The monoisotopic (exact) mass is 234 g/mol. The van der Waals surface area contributed by atoms with Crippen molar-refractivity contribution in [3.05, 3.63) is 11.4 Å². The van der Waals surface area contributed by atoms with Crippen LogP contribution in [0.5, 0.6) is 0 Å². The molecule has 0 radical (unpaired) electrons. The van der Waals surface area contributed by atoms with E-state index >= 15 is 0 Å². The first-order valence-electron chi connectivity index (χ1n) is 6.26. The lowest BCUT2D eigenvalue weighted by atomic mass is 10.2. The average molecular weight is 234 g/mol. The number of rotatable bonds is 4. The summed E-state index contributed by atoms with van der Waals surface area (Å²) in [6.45, 7) is 0.823. The molecule has 5 nitrogen and oxygen atoms in total. The number of nitrogens with one attached hydrogen (secondary N) is 1. The minimum Gasteiger partial charge on any atom is -0.395 e. The Morgan fingerprint density at radius 3 is 2.76 bits per heavy atom. The molecule has 92 valence electrons. The van der Waals surface area contributed by atoms with Crippen LogP contribution in [-0.2, 0) is 0 Å². The van der Waals surface area contributed by atoms with Gasteiger partial charge < -0.3 is 10.6 Å². The number of nitrogen functional groups attached to an aromatic ring is 1. The van der Waals surface area contributed by atoms with E-state index in [1.54, 1.807) is 4.90 Å². The van der Waals surface area contributed by atoms with Gasteiger partial charge in [-0.05, 0) is 31.6 Å². The molecule has 2 fully saturated rings. The molecular formula is C12H18N4O. The van der Waals surface area contributed by atoms with Crippen molar-refractivity contribution in [2.45, 2.75) is 31.6 Å². The van der Waals surface area contributed by atoms with E-state index in [4.69, 9.17) is 5.73 Å². The number of carbonyl (C=O) groups is 1. The third-order valence-electron chi connectivity index (χ3n) is 3.60. The third-order valence-corrected chi connectivity index (χ3v) is 3.60. The lowest BCUT2D eigenvalue weighted by molar-refractivity contribution is 0.0784. The van der Waals surface area contributed by atoms with Gasteiger partial charge in [-0.3, -0.25) is 9.89 Å². The SMILES string of the molecule is CN(CC1CC1)C(=O)c1n[nH]c(C2CC2)c1N. The second kappa shape index (κ2) is 3.75. The fraction of sp³-hybridized carbons (Fsp3) is 0.667. The van der Waals surface area contributed by atoms with Crippen molar-refractivity contribution in [3.63, 3.8) is 0 Å². The Labute approximate surface area is 100 Å². The molecule has 17 heavy (non-hydrogen) atoms. The van der Waals surface area contributed by atoms with E-state index in [1.165, 1.54) is 12.8 Å². The molecule has 3 rings (SSSR count). The van der Waals surface area contributed by atoms with Gasteiger partial charge in [0.1, 0.15) is 0 Å². The van der Waals surface area contributed by atoms with E-state index in [1.807, 2.05) is 7.05 Å². The van der Waals surface area contributed by atoms with Crippen molar-refractivity contribution in [2.75, 3.05) is 19.3 Å². The maximum Gasteiger partial charge on any atom is 0.276 e. The largest absolute Gasteiger partial charge is 0.395 e. The molecule has 0 unspecified atom stereocenters. The van der Waals surface area contributed by atoms with Crippen LogP contribution >= 0.6 is 0 Å². The Bertz CT molecular complexity index is 445. The van der Waals surface area contributed by atoms with Crippen LogP contribution in [0.25, 0.3) is 0 Å². The minimum atomic E-state index is -0.0578. The smallest absolute Gasteiger partial charge is 0.276 e. The van der Waals surface area contributed by atoms with E-state index in [2.05, 4.69) is 10.2 Å². The van der Waals surface area contributed by atoms with Crippen molar-refractivity contribution in [1.29, 1.82) is 0 Å². The van der Waals surface area contributed by atoms with Gasteiger partial charge in [-0.25, -0.2) is 0 Å². The van der Waals surface area contributed by atoms with E-state index in [9.17, 15) is 4.79 Å². The first-order chi connectivity index (χ1) is 8.16. The van der Waals surface area contributed by atoms with E-state index in [0.29, 0.717) is 23.2 Å². The number of carbonyl (C=O) groups excluding carboxylic acids is 1. The van der Waals surface area contributed by atoms with Crippen LogP contribution in [0.15, 0.2) is 0 Å². The van der Waals surface area contributed by atoms with Crippen LogP contribution in [-0.4, -0.2) is 34.6 Å². The van der Waals surface area contributed by atoms with Crippen molar-refractivity contribution < 1.29 is 4.79 Å². The van der Waals surface area contributed by atoms with Crippen LogP contribution in [0.4, 0.5) is 5.69 Å². The molecule has 0 aliphatic heterocycles. The zero-order chi connectivity index (χ0) is 12.0. The molecule has 1 aromatic rings. The highest BCUT2D eigenvalue weighted by Crippen LogP contribution is 2.42. The van der Waals surface area contributed by atoms with Crippen molar-refractivity contribution in [3.8, 4) is 0 Å². The molecule has 1 amide bonds. The van der Waals surface area contributed by atoms with Crippen LogP contribution in [0, 0.1) is 5.92 Å². The summed E-state index contributed by atoms with van der Waals surface area (Å²) in [6.07, 6.45) is 4.78. The number of nitrogens with zero attached hydrogens (tertiary/aromatic N) is 2. The van der Waals surface area contributed by atoms with Gasteiger partial charge in [-0.15, -0.1) is 0 Å². The Kier molecular flexibility index (Phi) is 2.34. The van der Waals surface area contributed by atoms with Gasteiger partial charge in [0.2, 0.25) is 0 Å². The molecule has 0 aromatic carbocycles. The highest BCUT2D eigenvalue weighted by atomic mass is 16.2. The lowest BCUT2D eigenvalue weighted by Gasteiger charge is -2.15. The normalized spacial score (nSPS) is 19.4. The first kappa shape index (κ1) is 10.6. The zero-order valence-corrected chi connectivity index (χ0v) is 10.1. The Hall–Kier alpha value is -1.52. The Morgan fingerprint density at radius 1 is 1.47 bits per heavy atom. The first-order valence-corrected chi connectivity index (χ1v) is 6.26. The zero-order valence-electron chi connectivity index (χ0n) is 10.1. The standard InChI is InChI=1S/C12H18N4O/c1-16(6-7-2-3-7)12(17)11-9(13)10(14-15-11)8-4-5-8/h7-8H,2-6,13H2,1H3,(H,14,15). The predicted molar refractivity (Wildman–Crippen MR) is 64.7 cm³/mol. The average Bonchev–Trinajstić information content (AvgIpc) is 3.19. The second-order valence-corrected chi connectivity index (χ2v) is 5.30. The lowest BCUT2D eigenvalue weighted by Crippen LogP contribution is -2.29. The summed E-state index contributed by atoms with van der Waals surface area (Å²) in [5.74, 6) is 1.13. The summed E-state index contributed by atoms with van der Waals surface area (Å²) in [7, 11) is 1.82. The van der Waals surface area contributed by atoms with Crippen molar-refractivity contribution in [2.24, 2.45) is 5.92 Å². The summed E-state index contributed by atoms with van der Waals surface area (Å²) in [5.41, 5.74) is 7.89. The molecule has 1 heterocycles. The Morgan fingerprint density at radius 2 is 2.18 bits per heavy atom. The highest BCUT2D eigenvalue weighted by Gasteiger charge is 2.32. The van der Waals surface area contributed by atoms with Crippen LogP contribution in [0.1, 0.15) is 47.8 Å². The molecule has 0 spiro atoms. The summed E-state index contributed by atoms with van der Waals surface area (Å²) >= 11 is 0. The molecule has 2 aliphatic carbocycles. The fourth-order valence-electron chi connectivity index (χ4n) is 2.16. The second-order valence-electron chi connectivity index (χ2n) is 5.30. The summed E-state index contributed by atoms with van der Waals surface area (Å²) < 4.78 is 0. The van der Waals surface area contributed by atoms with E-state index in [0.717, 1.165) is 25.1 Å². The molecular weight excluding hydrogens is 216 g/mol. The number of hydrogen-bond donors (Lipinski definition) is 2. The number of aromatic amines is 1. The molecule has 1 aromatic heterocycles. The van der Waals surface area contributed by atoms with Crippen molar-refractivity contribution in [1.82, 2.24) is 15.1 Å². The number of amides is 1. The topological polar surface area (TPSA) is 75.0 Å². The Balaban J connectivity index is 1.75. The van der Waals surface area contributed by atoms with Gasteiger partial charge in [-0.1, -0.05) is 0 Å². The third kappa shape index (κ3) is 2.01. The number of aromatic nitrogens is 2. The number of nitrogens with two attached hydrogens (primary N) is 1. The fourth-order valence-corrected chi connectivity index (χ4v) is 2.16. The molecule has 0 bridgehead atoms. The number of anilines is 1. The molecule has 0 saturated heterocycles. The molecule has 3 N–H and O–H groups in total. The van der Waals surface area contributed by atoms with Gasteiger partial charge in [0, 0.05) is 19.5 Å². The number of H-pyrrole nitrogens is 1. The highest BCUT2D eigenvalue weighted by molar-refractivity contribution is 5.97. The number of hydrogen-bond acceptors (Lipinski definition) is 3. The van der Waals surface area contributed by atoms with Crippen LogP contribution < -0.4 is 5.73 Å².